The van der Waals surface area contributed by atoms with Crippen molar-refractivity contribution in [2.45, 2.75) is 39.2 Å². The van der Waals surface area contributed by atoms with Gasteiger partial charge < -0.3 is 9.84 Å². The number of thiazole rings is 1. The van der Waals surface area contributed by atoms with Gasteiger partial charge in [-0.3, -0.25) is 14.5 Å². The number of hydrogen-bond acceptors (Lipinski definition) is 6. The summed E-state index contributed by atoms with van der Waals surface area (Å²) in [5, 5.41) is 11.8. The summed E-state index contributed by atoms with van der Waals surface area (Å²) in [6.07, 6.45) is 0. The third-order valence-electron chi connectivity index (χ3n) is 6.64. The molecule has 37 heavy (non-hydrogen) atoms. The van der Waals surface area contributed by atoms with Gasteiger partial charge in [-0.15, -0.1) is 0 Å². The number of fused-ring (bicyclic) bond motifs is 1. The Morgan fingerprint density at radius 2 is 1.68 bits per heavy atom. The van der Waals surface area contributed by atoms with Gasteiger partial charge in [0.2, 0.25) is 0 Å². The average molecular weight is 513 g/mol. The van der Waals surface area contributed by atoms with Gasteiger partial charge in [-0.05, 0) is 65.4 Å². The first-order valence-electron chi connectivity index (χ1n) is 12.0. The van der Waals surface area contributed by atoms with Crippen LogP contribution < -0.4 is 9.64 Å². The third kappa shape index (κ3) is 4.40. The molecule has 5 rings (SSSR count). The van der Waals surface area contributed by atoms with Gasteiger partial charge >= 0.3 is 5.91 Å². The summed E-state index contributed by atoms with van der Waals surface area (Å²) < 4.78 is 6.14. The third-order valence-corrected chi connectivity index (χ3v) is 7.66. The Hall–Kier alpha value is -3.97. The number of aryl methyl sites for hydroxylation is 1. The maximum atomic E-state index is 13.5. The summed E-state index contributed by atoms with van der Waals surface area (Å²) in [4.78, 5) is 33.0. The highest BCUT2D eigenvalue weighted by molar-refractivity contribution is 7.22. The monoisotopic (exact) mass is 512 g/mol. The van der Waals surface area contributed by atoms with Crippen LogP contribution in [0.4, 0.5) is 5.13 Å². The Balaban J connectivity index is 1.70. The second-order valence-corrected chi connectivity index (χ2v) is 11.2. The van der Waals surface area contributed by atoms with Crippen molar-refractivity contribution in [1.29, 1.82) is 0 Å². The van der Waals surface area contributed by atoms with Crippen molar-refractivity contribution in [2.75, 3.05) is 12.0 Å². The summed E-state index contributed by atoms with van der Waals surface area (Å²) in [5.41, 5.74) is 4.08. The molecule has 0 saturated carbocycles. The highest BCUT2D eigenvalue weighted by Gasteiger charge is 2.48. The summed E-state index contributed by atoms with van der Waals surface area (Å²) in [5.74, 6) is -1.06. The van der Waals surface area contributed by atoms with E-state index in [1.165, 1.54) is 16.2 Å². The Morgan fingerprint density at radius 3 is 2.30 bits per heavy atom. The van der Waals surface area contributed by atoms with E-state index < -0.39 is 17.7 Å². The minimum atomic E-state index is -0.822. The molecule has 1 fully saturated rings. The lowest BCUT2D eigenvalue weighted by molar-refractivity contribution is -0.132. The molecule has 1 aliphatic rings. The molecule has 3 aromatic carbocycles. The molecule has 1 amide bonds. The van der Waals surface area contributed by atoms with Crippen molar-refractivity contribution in [3.63, 3.8) is 0 Å². The minimum absolute atomic E-state index is 0.0362. The van der Waals surface area contributed by atoms with E-state index in [1.807, 2.05) is 49.4 Å². The Labute approximate surface area is 219 Å². The summed E-state index contributed by atoms with van der Waals surface area (Å²) >= 11 is 1.36. The number of Topliss-reactive ketones (excluding diaryl/α,β-unsaturated/α-hetero) is 1. The zero-order valence-electron chi connectivity index (χ0n) is 21.4. The quantitative estimate of drug-likeness (QED) is 0.191. The molecule has 4 aromatic rings. The van der Waals surface area contributed by atoms with Gasteiger partial charge in [0.05, 0.1) is 28.9 Å². The normalized spacial score (nSPS) is 17.5. The molecule has 1 aromatic heterocycles. The van der Waals surface area contributed by atoms with Gasteiger partial charge in [0.25, 0.3) is 5.78 Å². The van der Waals surface area contributed by atoms with E-state index in [-0.39, 0.29) is 16.7 Å². The molecule has 0 bridgehead atoms. The average Bonchev–Trinajstić information content (AvgIpc) is 3.40. The number of amides is 1. The largest absolute Gasteiger partial charge is 0.507 e. The molecular formula is C30H28N2O4S. The number of aliphatic hydroxyl groups excluding tert-OH is 1. The van der Waals surface area contributed by atoms with E-state index in [0.29, 0.717) is 16.4 Å². The number of ether oxygens (including phenoxy) is 1. The van der Waals surface area contributed by atoms with Crippen LogP contribution in [0.2, 0.25) is 0 Å². The molecule has 0 aliphatic carbocycles. The van der Waals surface area contributed by atoms with Gasteiger partial charge in [0, 0.05) is 5.56 Å². The predicted octanol–water partition coefficient (Wildman–Crippen LogP) is 6.54. The lowest BCUT2D eigenvalue weighted by atomic mass is 9.85. The van der Waals surface area contributed by atoms with Crippen LogP contribution in [0.25, 0.3) is 16.0 Å². The number of aliphatic hydroxyl groups is 1. The standard InChI is InChI=1S/C30H28N2O4S/c1-17-6-15-22-23(16-17)37-29(31-22)32-25(18-7-11-20(12-8-18)30(2,3)4)24(27(34)28(32)35)26(33)19-9-13-21(36-5)14-10-19/h6-16,25,33H,1-5H3/b26-24+. The zero-order chi connectivity index (χ0) is 26.5. The molecular weight excluding hydrogens is 484 g/mol. The topological polar surface area (TPSA) is 79.7 Å². The van der Waals surface area contributed by atoms with E-state index in [2.05, 4.69) is 20.8 Å². The summed E-state index contributed by atoms with van der Waals surface area (Å²) in [6, 6.07) is 19.7. The van der Waals surface area contributed by atoms with Crippen LogP contribution >= 0.6 is 11.3 Å². The number of carbonyl (C=O) groups is 2. The number of benzene rings is 3. The van der Waals surface area contributed by atoms with Crippen molar-refractivity contribution < 1.29 is 19.4 Å². The highest BCUT2D eigenvalue weighted by Crippen LogP contribution is 2.44. The van der Waals surface area contributed by atoms with Crippen molar-refractivity contribution in [1.82, 2.24) is 4.98 Å². The van der Waals surface area contributed by atoms with E-state index in [0.717, 1.165) is 26.9 Å². The van der Waals surface area contributed by atoms with Gasteiger partial charge in [0.15, 0.2) is 5.13 Å². The van der Waals surface area contributed by atoms with E-state index >= 15 is 0 Å². The van der Waals surface area contributed by atoms with Crippen LogP contribution in [-0.4, -0.2) is 28.9 Å². The lowest BCUT2D eigenvalue weighted by Crippen LogP contribution is -2.29. The smallest absolute Gasteiger partial charge is 0.301 e. The molecule has 2 heterocycles. The number of rotatable bonds is 4. The number of nitrogens with zero attached hydrogens (tertiary/aromatic N) is 2. The number of hydrogen-bond donors (Lipinski definition) is 1. The van der Waals surface area contributed by atoms with Gasteiger partial charge in [0.1, 0.15) is 11.5 Å². The zero-order valence-corrected chi connectivity index (χ0v) is 22.2. The summed E-state index contributed by atoms with van der Waals surface area (Å²) in [7, 11) is 1.56. The second-order valence-electron chi connectivity index (χ2n) is 10.2. The van der Waals surface area contributed by atoms with Crippen LogP contribution in [0.15, 0.2) is 72.3 Å². The fourth-order valence-electron chi connectivity index (χ4n) is 4.54. The van der Waals surface area contributed by atoms with Crippen LogP contribution in [-0.2, 0) is 15.0 Å². The van der Waals surface area contributed by atoms with Crippen LogP contribution in [0.5, 0.6) is 5.75 Å². The number of aromatic nitrogens is 1. The number of methoxy groups -OCH3 is 1. The molecule has 0 radical (unpaired) electrons. The van der Waals surface area contributed by atoms with Crippen molar-refractivity contribution in [3.8, 4) is 5.75 Å². The van der Waals surface area contributed by atoms with Crippen LogP contribution in [0.3, 0.4) is 0 Å². The molecule has 1 unspecified atom stereocenters. The first-order valence-corrected chi connectivity index (χ1v) is 12.8. The molecule has 188 valence electrons. The predicted molar refractivity (Wildman–Crippen MR) is 147 cm³/mol. The number of ketones is 1. The Bertz CT molecular complexity index is 1540. The number of anilines is 1. The molecule has 7 heteroatoms. The lowest BCUT2D eigenvalue weighted by Gasteiger charge is -2.24. The molecule has 6 nitrogen and oxygen atoms in total. The van der Waals surface area contributed by atoms with Gasteiger partial charge in [-0.1, -0.05) is 62.4 Å². The second kappa shape index (κ2) is 9.16. The fourth-order valence-corrected chi connectivity index (χ4v) is 5.63. The van der Waals surface area contributed by atoms with E-state index in [4.69, 9.17) is 9.72 Å². The van der Waals surface area contributed by atoms with Crippen molar-refractivity contribution in [3.05, 3.63) is 94.6 Å². The van der Waals surface area contributed by atoms with Gasteiger partial charge in [-0.25, -0.2) is 4.98 Å². The first-order chi connectivity index (χ1) is 17.6. The number of carbonyl (C=O) groups excluding carboxylic acids is 2. The molecule has 1 aliphatic heterocycles. The van der Waals surface area contributed by atoms with Crippen LogP contribution in [0.1, 0.15) is 49.1 Å². The fraction of sp³-hybridized carbons (Fsp3) is 0.233. The highest BCUT2D eigenvalue weighted by atomic mass is 32.1. The summed E-state index contributed by atoms with van der Waals surface area (Å²) in [6.45, 7) is 8.37. The van der Waals surface area contributed by atoms with Crippen LogP contribution in [0, 0.1) is 6.92 Å². The molecule has 1 N–H and O–H groups in total. The Morgan fingerprint density at radius 1 is 1.00 bits per heavy atom. The maximum absolute atomic E-state index is 13.5. The van der Waals surface area contributed by atoms with E-state index in [9.17, 15) is 14.7 Å². The molecule has 1 atom stereocenters. The van der Waals surface area contributed by atoms with Crippen molar-refractivity contribution in [2.24, 2.45) is 0 Å². The Kier molecular flexibility index (Phi) is 6.12. The van der Waals surface area contributed by atoms with Crippen molar-refractivity contribution >= 4 is 44.1 Å². The molecule has 0 spiro atoms. The maximum Gasteiger partial charge on any atom is 0.301 e. The van der Waals surface area contributed by atoms with E-state index in [1.54, 1.807) is 31.4 Å². The SMILES string of the molecule is COc1ccc(/C(O)=C2\C(=O)C(=O)N(c3nc4ccc(C)cc4s3)C2c2ccc(C(C)(C)C)cc2)cc1. The minimum Gasteiger partial charge on any atom is -0.507 e. The van der Waals surface area contributed by atoms with Gasteiger partial charge in [-0.2, -0.15) is 0 Å². The first kappa shape index (κ1) is 24.7. The molecule has 1 saturated heterocycles.